The predicted molar refractivity (Wildman–Crippen MR) is 162 cm³/mol. The predicted octanol–water partition coefficient (Wildman–Crippen LogP) is 3.15. The van der Waals surface area contributed by atoms with E-state index in [1.807, 2.05) is 0 Å². The molecular weight excluding hydrogens is 574 g/mol. The number of amidine groups is 1. The normalized spacial score (nSPS) is 13.0. The van der Waals surface area contributed by atoms with Gasteiger partial charge in [-0.25, -0.2) is 4.79 Å². The Balaban J connectivity index is 1.53. The molecule has 232 valence electrons. The molecule has 0 saturated heterocycles. The van der Waals surface area contributed by atoms with Gasteiger partial charge < -0.3 is 39.6 Å². The summed E-state index contributed by atoms with van der Waals surface area (Å²) in [6.07, 6.45) is 0.597. The topological polar surface area (TPSA) is 207 Å². The molecule has 2 aromatic carbocycles. The number of hydrogen-bond acceptors (Lipinski definition) is 11. The standard InChI is InChI=1S/C31H33N3O10/c1-17-13-21(35)28-23(8-5-10-25(28)42-17)40-15-19(43-31(39)20(33)7-3-4-12-34-18(2)32)16-41-24-9-6-11-26-29(24)22(36)14-27(44-26)30(37)38/h5-6,8-11,13-14,19-20H,3-4,7,12,15-16,33H2,1-2H3,(H2,32,34)(H,37,38)/t19?,20-/m0/s1. The Morgan fingerprint density at radius 3 is 2.11 bits per heavy atom. The van der Waals surface area contributed by atoms with E-state index in [1.54, 1.807) is 32.0 Å². The Kier molecular flexibility index (Phi) is 10.3. The van der Waals surface area contributed by atoms with Crippen LogP contribution in [-0.4, -0.2) is 54.8 Å². The van der Waals surface area contributed by atoms with Crippen LogP contribution in [-0.2, 0) is 9.53 Å². The molecular formula is C31H33N3O10. The van der Waals surface area contributed by atoms with Crippen LogP contribution in [0.3, 0.4) is 0 Å². The van der Waals surface area contributed by atoms with E-state index in [2.05, 4.69) is 4.99 Å². The summed E-state index contributed by atoms with van der Waals surface area (Å²) in [4.78, 5) is 53.8. The fourth-order valence-corrected chi connectivity index (χ4v) is 4.41. The minimum absolute atomic E-state index is 0.00570. The lowest BCUT2D eigenvalue weighted by Crippen LogP contribution is -2.39. The minimum atomic E-state index is -1.39. The van der Waals surface area contributed by atoms with Crippen LogP contribution in [0.5, 0.6) is 11.5 Å². The molecule has 13 heteroatoms. The zero-order chi connectivity index (χ0) is 31.8. The lowest BCUT2D eigenvalue weighted by Gasteiger charge is -2.21. The SMILES string of the molecule is CC(N)=NCCCC[C@H](N)C(=O)OC(COc1cccc2oc(C)cc(=O)c12)COc1cccc2oc(C(=O)O)cc(=O)c12. The van der Waals surface area contributed by atoms with Crippen LogP contribution in [0.2, 0.25) is 0 Å². The van der Waals surface area contributed by atoms with Crippen molar-refractivity contribution in [2.24, 2.45) is 16.5 Å². The van der Waals surface area contributed by atoms with Gasteiger partial charge in [0.05, 0.1) is 5.84 Å². The number of nitrogens with two attached hydrogens (primary N) is 2. The number of nitrogens with zero attached hydrogens (tertiary/aromatic N) is 1. The van der Waals surface area contributed by atoms with Crippen molar-refractivity contribution in [1.82, 2.24) is 0 Å². The Bertz CT molecular complexity index is 1810. The van der Waals surface area contributed by atoms with Crippen molar-refractivity contribution in [3.63, 3.8) is 0 Å². The van der Waals surface area contributed by atoms with E-state index in [0.717, 1.165) is 6.07 Å². The summed E-state index contributed by atoms with van der Waals surface area (Å²) >= 11 is 0. The third-order valence-corrected chi connectivity index (χ3v) is 6.49. The Hall–Kier alpha value is -5.17. The fourth-order valence-electron chi connectivity index (χ4n) is 4.41. The number of aliphatic imine (C=N–C) groups is 1. The fraction of sp³-hybridized carbons (Fsp3) is 0.323. The van der Waals surface area contributed by atoms with Gasteiger partial charge in [-0.05, 0) is 57.4 Å². The molecule has 0 radical (unpaired) electrons. The molecule has 4 aromatic rings. The maximum absolute atomic E-state index is 12.9. The van der Waals surface area contributed by atoms with Crippen LogP contribution in [0.4, 0.5) is 0 Å². The van der Waals surface area contributed by atoms with Crippen LogP contribution in [0.25, 0.3) is 21.9 Å². The van der Waals surface area contributed by atoms with Crippen molar-refractivity contribution in [1.29, 1.82) is 0 Å². The Morgan fingerprint density at radius 1 is 0.932 bits per heavy atom. The largest absolute Gasteiger partial charge is 0.489 e. The average molecular weight is 608 g/mol. The van der Waals surface area contributed by atoms with Crippen molar-refractivity contribution in [2.45, 2.75) is 45.3 Å². The van der Waals surface area contributed by atoms with Gasteiger partial charge in [0.2, 0.25) is 5.76 Å². The summed E-state index contributed by atoms with van der Waals surface area (Å²) in [5, 5.41) is 9.45. The summed E-state index contributed by atoms with van der Waals surface area (Å²) in [5.41, 5.74) is 11.0. The smallest absolute Gasteiger partial charge is 0.371 e. The number of carbonyl (C=O) groups excluding carboxylic acids is 1. The first-order valence-electron chi connectivity index (χ1n) is 13.9. The first kappa shape index (κ1) is 31.8. The maximum Gasteiger partial charge on any atom is 0.371 e. The molecule has 4 rings (SSSR count). The molecule has 0 fully saturated rings. The Labute approximate surface area is 251 Å². The molecule has 0 saturated carbocycles. The van der Waals surface area contributed by atoms with Crippen molar-refractivity contribution < 1.29 is 37.7 Å². The van der Waals surface area contributed by atoms with E-state index in [1.165, 1.54) is 24.3 Å². The van der Waals surface area contributed by atoms with Crippen LogP contribution in [0.1, 0.15) is 42.5 Å². The van der Waals surface area contributed by atoms with Gasteiger partial charge in [-0.1, -0.05) is 12.1 Å². The molecule has 5 N–H and O–H groups in total. The van der Waals surface area contributed by atoms with Crippen molar-refractivity contribution in [2.75, 3.05) is 19.8 Å². The van der Waals surface area contributed by atoms with Gasteiger partial charge in [0.1, 0.15) is 58.5 Å². The molecule has 0 aliphatic heterocycles. The molecule has 13 nitrogen and oxygen atoms in total. The van der Waals surface area contributed by atoms with E-state index in [-0.39, 0.29) is 46.5 Å². The van der Waals surface area contributed by atoms with Crippen LogP contribution in [0, 0.1) is 6.92 Å². The van der Waals surface area contributed by atoms with Crippen LogP contribution >= 0.6 is 0 Å². The number of benzene rings is 2. The summed E-state index contributed by atoms with van der Waals surface area (Å²) in [5.74, 6) is -1.41. The molecule has 0 bridgehead atoms. The number of rotatable bonds is 14. The molecule has 44 heavy (non-hydrogen) atoms. The van der Waals surface area contributed by atoms with Gasteiger partial charge in [-0.2, -0.15) is 0 Å². The van der Waals surface area contributed by atoms with E-state index in [9.17, 15) is 24.3 Å². The quantitative estimate of drug-likeness (QED) is 0.0818. The number of aromatic carboxylic acids is 1. The van der Waals surface area contributed by atoms with Gasteiger partial charge in [0.25, 0.3) is 0 Å². The van der Waals surface area contributed by atoms with E-state index < -0.39 is 35.3 Å². The van der Waals surface area contributed by atoms with Gasteiger partial charge in [0, 0.05) is 18.7 Å². The van der Waals surface area contributed by atoms with Crippen molar-refractivity contribution >= 4 is 39.7 Å². The number of carbonyl (C=O) groups is 2. The van der Waals surface area contributed by atoms with Crippen LogP contribution < -0.4 is 31.8 Å². The maximum atomic E-state index is 12.9. The first-order valence-corrected chi connectivity index (χ1v) is 13.9. The van der Waals surface area contributed by atoms with Crippen LogP contribution in [0.15, 0.2) is 71.9 Å². The van der Waals surface area contributed by atoms with Gasteiger partial charge >= 0.3 is 11.9 Å². The lowest BCUT2D eigenvalue weighted by molar-refractivity contribution is -0.154. The van der Waals surface area contributed by atoms with Gasteiger partial charge in [0.15, 0.2) is 17.0 Å². The third-order valence-electron chi connectivity index (χ3n) is 6.49. The summed E-state index contributed by atoms with van der Waals surface area (Å²) in [7, 11) is 0. The lowest BCUT2D eigenvalue weighted by atomic mass is 10.1. The second-order valence-corrected chi connectivity index (χ2v) is 10.1. The highest BCUT2D eigenvalue weighted by Gasteiger charge is 2.23. The molecule has 0 spiro atoms. The molecule has 2 heterocycles. The van der Waals surface area contributed by atoms with Gasteiger partial charge in [-0.3, -0.25) is 19.4 Å². The number of aryl methyl sites for hydroxylation is 1. The number of unbranched alkanes of at least 4 members (excludes halogenated alkanes) is 1. The molecule has 2 atom stereocenters. The third kappa shape index (κ3) is 8.01. The van der Waals surface area contributed by atoms with Gasteiger partial charge in [-0.15, -0.1) is 0 Å². The van der Waals surface area contributed by atoms with E-state index in [4.69, 9.17) is 34.5 Å². The van der Waals surface area contributed by atoms with Crippen molar-refractivity contribution in [3.05, 3.63) is 80.5 Å². The zero-order valence-corrected chi connectivity index (χ0v) is 24.2. The molecule has 2 aromatic heterocycles. The number of ether oxygens (including phenoxy) is 3. The number of fused-ring (bicyclic) bond motifs is 2. The monoisotopic (exact) mass is 607 g/mol. The number of hydrogen-bond donors (Lipinski definition) is 3. The highest BCUT2D eigenvalue weighted by molar-refractivity contribution is 5.89. The molecule has 0 amide bonds. The minimum Gasteiger partial charge on any atom is -0.489 e. The highest BCUT2D eigenvalue weighted by Crippen LogP contribution is 2.25. The summed E-state index contributed by atoms with van der Waals surface area (Å²) in [6.45, 7) is 3.35. The summed E-state index contributed by atoms with van der Waals surface area (Å²) < 4.78 is 28.4. The number of carboxylic acids is 1. The highest BCUT2D eigenvalue weighted by atomic mass is 16.6. The molecule has 1 unspecified atom stereocenters. The molecule has 0 aliphatic rings. The van der Waals surface area contributed by atoms with E-state index in [0.29, 0.717) is 43.0 Å². The second kappa shape index (κ2) is 14.3. The zero-order valence-electron chi connectivity index (χ0n) is 24.2. The van der Waals surface area contributed by atoms with Crippen molar-refractivity contribution in [3.8, 4) is 11.5 Å². The van der Waals surface area contributed by atoms with E-state index >= 15 is 0 Å². The first-order chi connectivity index (χ1) is 21.0. The second-order valence-electron chi connectivity index (χ2n) is 10.1. The summed E-state index contributed by atoms with van der Waals surface area (Å²) in [6, 6.07) is 10.6. The number of carboxylic acid groups (broad SMARTS) is 1. The Morgan fingerprint density at radius 2 is 1.52 bits per heavy atom. The average Bonchev–Trinajstić information content (AvgIpc) is 2.97. The molecule has 0 aliphatic carbocycles. The number of esters is 1.